The number of carbonyl (C=O) groups excluding carboxylic acids is 2. The number of ether oxygens (including phenoxy) is 5. The SMILES string of the molecule is COc1cc(/C=C/C(=O)OCCCN(C)CCCOC(=O)c2cc(=O)c3c(O)cccc3o2)cc(OC)c1OC. The Kier molecular flexibility index (Phi) is 11.0. The molecule has 11 nitrogen and oxygen atoms in total. The maximum Gasteiger partial charge on any atom is 0.374 e. The van der Waals surface area contributed by atoms with Gasteiger partial charge in [-0.05, 0) is 55.8 Å². The number of aromatic hydroxyl groups is 1. The first-order valence-electron chi connectivity index (χ1n) is 12.5. The van der Waals surface area contributed by atoms with Crippen molar-refractivity contribution in [2.75, 3.05) is 54.7 Å². The molecule has 0 aliphatic heterocycles. The fourth-order valence-electron chi connectivity index (χ4n) is 3.89. The molecule has 0 saturated carbocycles. The molecular weight excluding hydrogens is 522 g/mol. The molecule has 0 bridgehead atoms. The van der Waals surface area contributed by atoms with Gasteiger partial charge in [0.15, 0.2) is 16.9 Å². The largest absolute Gasteiger partial charge is 0.507 e. The monoisotopic (exact) mass is 555 g/mol. The molecule has 0 aliphatic rings. The van der Waals surface area contributed by atoms with Crippen molar-refractivity contribution in [3.63, 3.8) is 0 Å². The quantitative estimate of drug-likeness (QED) is 0.177. The number of phenols is 1. The van der Waals surface area contributed by atoms with Crippen molar-refractivity contribution in [2.45, 2.75) is 12.8 Å². The molecule has 0 unspecified atom stereocenters. The zero-order valence-electron chi connectivity index (χ0n) is 22.9. The molecule has 0 saturated heterocycles. The van der Waals surface area contributed by atoms with Gasteiger partial charge in [0.05, 0.1) is 34.5 Å². The molecule has 0 aliphatic carbocycles. The second-order valence-electron chi connectivity index (χ2n) is 8.73. The first-order valence-corrected chi connectivity index (χ1v) is 12.5. The summed E-state index contributed by atoms with van der Waals surface area (Å²) in [6.07, 6.45) is 4.11. The molecule has 0 radical (unpaired) electrons. The Hall–Kier alpha value is -4.51. The fraction of sp³-hybridized carbons (Fsp3) is 0.345. The third-order valence-corrected chi connectivity index (χ3v) is 5.88. The lowest BCUT2D eigenvalue weighted by Gasteiger charge is -2.16. The van der Waals surface area contributed by atoms with Gasteiger partial charge in [0.25, 0.3) is 0 Å². The molecule has 1 aromatic heterocycles. The van der Waals surface area contributed by atoms with Crippen LogP contribution in [0.2, 0.25) is 0 Å². The molecule has 214 valence electrons. The van der Waals surface area contributed by atoms with Gasteiger partial charge in [0, 0.05) is 25.2 Å². The molecule has 0 fully saturated rings. The second kappa shape index (κ2) is 14.6. The van der Waals surface area contributed by atoms with Gasteiger partial charge in [0.1, 0.15) is 16.7 Å². The summed E-state index contributed by atoms with van der Waals surface area (Å²) in [5.41, 5.74) is 0.272. The molecule has 0 atom stereocenters. The zero-order valence-corrected chi connectivity index (χ0v) is 22.9. The molecule has 2 aromatic carbocycles. The molecule has 1 N–H and O–H groups in total. The van der Waals surface area contributed by atoms with E-state index in [4.69, 9.17) is 28.1 Å². The number of esters is 2. The lowest BCUT2D eigenvalue weighted by Crippen LogP contribution is -2.23. The van der Waals surface area contributed by atoms with Crippen molar-refractivity contribution in [2.24, 2.45) is 0 Å². The van der Waals surface area contributed by atoms with Crippen LogP contribution < -0.4 is 19.6 Å². The Labute approximate surface area is 231 Å². The summed E-state index contributed by atoms with van der Waals surface area (Å²) >= 11 is 0. The van der Waals surface area contributed by atoms with E-state index in [9.17, 15) is 19.5 Å². The summed E-state index contributed by atoms with van der Waals surface area (Å²) in [6.45, 7) is 1.68. The predicted octanol–water partition coefficient (Wildman–Crippen LogP) is 3.65. The Bertz CT molecular complexity index is 1390. The van der Waals surface area contributed by atoms with E-state index < -0.39 is 17.4 Å². The van der Waals surface area contributed by atoms with Crippen molar-refractivity contribution < 1.29 is 42.8 Å². The van der Waals surface area contributed by atoms with Gasteiger partial charge in [-0.15, -0.1) is 0 Å². The van der Waals surface area contributed by atoms with Crippen molar-refractivity contribution in [3.8, 4) is 23.0 Å². The highest BCUT2D eigenvalue weighted by Crippen LogP contribution is 2.38. The van der Waals surface area contributed by atoms with E-state index in [1.54, 1.807) is 18.2 Å². The van der Waals surface area contributed by atoms with Crippen LogP contribution in [0.5, 0.6) is 23.0 Å². The number of benzene rings is 2. The smallest absolute Gasteiger partial charge is 0.374 e. The van der Waals surface area contributed by atoms with Crippen LogP contribution in [0.15, 0.2) is 51.7 Å². The Balaban J connectivity index is 1.35. The number of rotatable bonds is 14. The maximum atomic E-state index is 12.3. The summed E-state index contributed by atoms with van der Waals surface area (Å²) in [5.74, 6) is -0.237. The van der Waals surface area contributed by atoms with Crippen molar-refractivity contribution in [3.05, 3.63) is 64.0 Å². The Morgan fingerprint density at radius 1 is 0.950 bits per heavy atom. The normalized spacial score (nSPS) is 11.1. The molecular formula is C29H33NO10. The summed E-state index contributed by atoms with van der Waals surface area (Å²) in [4.78, 5) is 38.6. The highest BCUT2D eigenvalue weighted by Gasteiger charge is 2.16. The molecule has 0 amide bonds. The first kappa shape index (κ1) is 30.0. The average molecular weight is 556 g/mol. The van der Waals surface area contributed by atoms with Crippen LogP contribution in [-0.2, 0) is 14.3 Å². The van der Waals surface area contributed by atoms with Gasteiger partial charge in [-0.1, -0.05) is 6.07 Å². The fourth-order valence-corrected chi connectivity index (χ4v) is 3.89. The third kappa shape index (κ3) is 8.00. The number of fused-ring (bicyclic) bond motifs is 1. The molecule has 11 heteroatoms. The molecule has 0 spiro atoms. The van der Waals surface area contributed by atoms with Gasteiger partial charge in [0.2, 0.25) is 11.5 Å². The van der Waals surface area contributed by atoms with E-state index in [1.165, 1.54) is 45.6 Å². The lowest BCUT2D eigenvalue weighted by molar-refractivity contribution is -0.137. The van der Waals surface area contributed by atoms with Crippen LogP contribution in [0.3, 0.4) is 0 Å². The van der Waals surface area contributed by atoms with E-state index >= 15 is 0 Å². The van der Waals surface area contributed by atoms with Crippen molar-refractivity contribution in [1.82, 2.24) is 4.90 Å². The van der Waals surface area contributed by atoms with E-state index in [0.717, 1.165) is 6.07 Å². The summed E-state index contributed by atoms with van der Waals surface area (Å²) in [7, 11) is 6.46. The number of methoxy groups -OCH3 is 3. The van der Waals surface area contributed by atoms with Gasteiger partial charge in [-0.2, -0.15) is 0 Å². The van der Waals surface area contributed by atoms with Crippen LogP contribution in [0.4, 0.5) is 0 Å². The number of hydrogen-bond donors (Lipinski definition) is 1. The van der Waals surface area contributed by atoms with Crippen LogP contribution >= 0.6 is 0 Å². The second-order valence-corrected chi connectivity index (χ2v) is 8.73. The number of phenolic OH excluding ortho intramolecular Hbond substituents is 1. The van der Waals surface area contributed by atoms with Gasteiger partial charge in [-0.3, -0.25) is 4.79 Å². The third-order valence-electron chi connectivity index (χ3n) is 5.88. The Morgan fingerprint density at radius 3 is 2.23 bits per heavy atom. The average Bonchev–Trinajstić information content (AvgIpc) is 2.95. The molecule has 3 rings (SSSR count). The van der Waals surface area contributed by atoms with Crippen LogP contribution in [0, 0.1) is 0 Å². The van der Waals surface area contributed by atoms with E-state index in [2.05, 4.69) is 0 Å². The number of nitrogens with zero attached hydrogens (tertiary/aromatic N) is 1. The maximum absolute atomic E-state index is 12.3. The first-order chi connectivity index (χ1) is 19.3. The number of hydrogen-bond acceptors (Lipinski definition) is 11. The topological polar surface area (TPSA) is 134 Å². The number of carbonyl (C=O) groups is 2. The lowest BCUT2D eigenvalue weighted by atomic mass is 10.1. The van der Waals surface area contributed by atoms with Crippen molar-refractivity contribution >= 4 is 29.0 Å². The van der Waals surface area contributed by atoms with Crippen LogP contribution in [-0.4, -0.2) is 76.6 Å². The van der Waals surface area contributed by atoms with Gasteiger partial charge < -0.3 is 38.1 Å². The highest BCUT2D eigenvalue weighted by molar-refractivity contribution is 5.90. The minimum atomic E-state index is -0.753. The van der Waals surface area contributed by atoms with Gasteiger partial charge >= 0.3 is 11.9 Å². The molecule has 40 heavy (non-hydrogen) atoms. The van der Waals surface area contributed by atoms with E-state index in [-0.39, 0.29) is 35.7 Å². The highest BCUT2D eigenvalue weighted by atomic mass is 16.5. The zero-order chi connectivity index (χ0) is 29.1. The minimum Gasteiger partial charge on any atom is -0.507 e. The van der Waals surface area contributed by atoms with Crippen molar-refractivity contribution in [1.29, 1.82) is 0 Å². The molecule has 1 heterocycles. The minimum absolute atomic E-state index is 0.0148. The Morgan fingerprint density at radius 2 is 1.60 bits per heavy atom. The van der Waals surface area contributed by atoms with Crippen LogP contribution in [0.1, 0.15) is 29.0 Å². The summed E-state index contributed by atoms with van der Waals surface area (Å²) in [6, 6.07) is 8.83. The van der Waals surface area contributed by atoms with Gasteiger partial charge in [-0.25, -0.2) is 9.59 Å². The summed E-state index contributed by atoms with van der Waals surface area (Å²) < 4.78 is 31.8. The predicted molar refractivity (Wildman–Crippen MR) is 147 cm³/mol. The van der Waals surface area contributed by atoms with E-state index in [0.29, 0.717) is 48.7 Å². The standard InChI is InChI=1S/C29H33NO10/c1-30(13-7-15-39-29(34)25-18-21(32)27-20(31)8-5-9-22(27)40-25)12-6-14-38-26(33)11-10-19-16-23(35-2)28(37-4)24(17-19)36-3/h5,8-11,16-18,31H,6-7,12-15H2,1-4H3/b11-10+. The molecule has 3 aromatic rings. The van der Waals surface area contributed by atoms with E-state index in [1.807, 2.05) is 11.9 Å². The summed E-state index contributed by atoms with van der Waals surface area (Å²) in [5, 5.41) is 9.82. The van der Waals surface area contributed by atoms with Crippen LogP contribution in [0.25, 0.3) is 17.0 Å².